The minimum atomic E-state index is -0.408. The van der Waals surface area contributed by atoms with Gasteiger partial charge in [0.1, 0.15) is 5.60 Å². The first-order valence-electron chi connectivity index (χ1n) is 7.94. The molecule has 0 aromatic heterocycles. The first-order valence-corrected chi connectivity index (χ1v) is 7.94. The molecule has 0 N–H and O–H groups in total. The molecule has 0 aromatic rings. The SMILES string of the molecule is CN(C(=O)OC(C)(C)C)[C@H]1CC[C@H](CC(C)(C)C)CC1. The van der Waals surface area contributed by atoms with Gasteiger partial charge < -0.3 is 9.64 Å². The van der Waals surface area contributed by atoms with Gasteiger partial charge in [-0.1, -0.05) is 20.8 Å². The molecule has 0 bridgehead atoms. The summed E-state index contributed by atoms with van der Waals surface area (Å²) in [5, 5.41) is 0. The van der Waals surface area contributed by atoms with Crippen LogP contribution in [0.15, 0.2) is 0 Å². The van der Waals surface area contributed by atoms with Crippen LogP contribution in [0.5, 0.6) is 0 Å². The molecular weight excluding hydrogens is 250 g/mol. The van der Waals surface area contributed by atoms with Crippen LogP contribution in [0.4, 0.5) is 4.79 Å². The van der Waals surface area contributed by atoms with E-state index in [2.05, 4.69) is 20.8 Å². The van der Waals surface area contributed by atoms with E-state index in [0.29, 0.717) is 11.5 Å². The monoisotopic (exact) mass is 283 g/mol. The van der Waals surface area contributed by atoms with Gasteiger partial charge in [0, 0.05) is 13.1 Å². The van der Waals surface area contributed by atoms with Gasteiger partial charge in [-0.2, -0.15) is 0 Å². The van der Waals surface area contributed by atoms with Gasteiger partial charge in [-0.05, 0) is 64.2 Å². The van der Waals surface area contributed by atoms with Crippen LogP contribution < -0.4 is 0 Å². The summed E-state index contributed by atoms with van der Waals surface area (Å²) in [4.78, 5) is 13.9. The summed E-state index contributed by atoms with van der Waals surface area (Å²) in [6, 6.07) is 0.348. The van der Waals surface area contributed by atoms with Crippen molar-refractivity contribution in [1.29, 1.82) is 0 Å². The van der Waals surface area contributed by atoms with Crippen molar-refractivity contribution >= 4 is 6.09 Å². The number of carbonyl (C=O) groups excluding carboxylic acids is 1. The maximum Gasteiger partial charge on any atom is 0.410 e. The zero-order valence-electron chi connectivity index (χ0n) is 14.5. The minimum Gasteiger partial charge on any atom is -0.444 e. The molecule has 1 aliphatic carbocycles. The Morgan fingerprint density at radius 3 is 1.95 bits per heavy atom. The Kier molecular flexibility index (Phi) is 5.51. The van der Waals surface area contributed by atoms with Crippen molar-refractivity contribution in [2.45, 2.75) is 85.3 Å². The second kappa shape index (κ2) is 6.36. The van der Waals surface area contributed by atoms with Gasteiger partial charge in [0.05, 0.1) is 0 Å². The summed E-state index contributed by atoms with van der Waals surface area (Å²) in [5.41, 5.74) is 0.00332. The molecule has 1 fully saturated rings. The molecule has 0 aromatic carbocycles. The average molecular weight is 283 g/mol. The highest BCUT2D eigenvalue weighted by Crippen LogP contribution is 2.35. The summed E-state index contributed by atoms with van der Waals surface area (Å²) < 4.78 is 5.45. The van der Waals surface area contributed by atoms with E-state index in [0.717, 1.165) is 18.8 Å². The number of rotatable bonds is 2. The maximum atomic E-state index is 12.1. The summed E-state index contributed by atoms with van der Waals surface area (Å²) in [7, 11) is 1.88. The fourth-order valence-electron chi connectivity index (χ4n) is 3.09. The third-order valence-electron chi connectivity index (χ3n) is 3.95. The highest BCUT2D eigenvalue weighted by Gasteiger charge is 2.30. The molecule has 1 rings (SSSR count). The zero-order chi connectivity index (χ0) is 15.6. The van der Waals surface area contributed by atoms with Crippen LogP contribution in [0.1, 0.15) is 73.6 Å². The molecule has 1 amide bonds. The van der Waals surface area contributed by atoms with E-state index in [1.165, 1.54) is 19.3 Å². The second-order valence-electron chi connectivity index (χ2n) is 8.53. The van der Waals surface area contributed by atoms with E-state index in [1.54, 1.807) is 4.90 Å². The van der Waals surface area contributed by atoms with Crippen molar-refractivity contribution in [3.05, 3.63) is 0 Å². The Bertz CT molecular complexity index is 317. The second-order valence-corrected chi connectivity index (χ2v) is 8.53. The molecule has 3 nitrogen and oxygen atoms in total. The molecule has 0 atom stereocenters. The van der Waals surface area contributed by atoms with Gasteiger partial charge in [-0.15, -0.1) is 0 Å². The van der Waals surface area contributed by atoms with Crippen molar-refractivity contribution in [2.24, 2.45) is 11.3 Å². The standard InChI is InChI=1S/C17H33NO2/c1-16(2,3)12-13-8-10-14(11-9-13)18(7)15(19)20-17(4,5)6/h13-14H,8-12H2,1-7H3/t13-,14-. The molecule has 0 unspecified atom stereocenters. The molecule has 0 heterocycles. The van der Waals surface area contributed by atoms with Gasteiger partial charge in [-0.3, -0.25) is 0 Å². The van der Waals surface area contributed by atoms with Crippen LogP contribution in [0.25, 0.3) is 0 Å². The first kappa shape index (κ1) is 17.3. The van der Waals surface area contributed by atoms with Crippen molar-refractivity contribution in [3.8, 4) is 0 Å². The van der Waals surface area contributed by atoms with Crippen molar-refractivity contribution in [2.75, 3.05) is 7.05 Å². The van der Waals surface area contributed by atoms with Gasteiger partial charge in [0.2, 0.25) is 0 Å². The van der Waals surface area contributed by atoms with Crippen LogP contribution in [-0.2, 0) is 4.74 Å². The Hall–Kier alpha value is -0.730. The highest BCUT2D eigenvalue weighted by atomic mass is 16.6. The van der Waals surface area contributed by atoms with Crippen molar-refractivity contribution in [3.63, 3.8) is 0 Å². The molecular formula is C17H33NO2. The average Bonchev–Trinajstić information content (AvgIpc) is 2.24. The van der Waals surface area contributed by atoms with E-state index in [4.69, 9.17) is 4.74 Å². The Morgan fingerprint density at radius 1 is 1.05 bits per heavy atom. The summed E-state index contributed by atoms with van der Waals surface area (Å²) in [5.74, 6) is 0.818. The Balaban J connectivity index is 2.43. The predicted octanol–water partition coefficient (Wildman–Crippen LogP) is 4.85. The molecule has 0 aliphatic heterocycles. The van der Waals surface area contributed by atoms with Crippen molar-refractivity contribution < 1.29 is 9.53 Å². The summed E-state index contributed by atoms with van der Waals surface area (Å²) in [6.45, 7) is 12.7. The minimum absolute atomic E-state index is 0.184. The number of amides is 1. The molecule has 118 valence electrons. The molecule has 0 saturated heterocycles. The highest BCUT2D eigenvalue weighted by molar-refractivity contribution is 5.68. The van der Waals surface area contributed by atoms with Crippen LogP contribution in [0.3, 0.4) is 0 Å². The largest absolute Gasteiger partial charge is 0.444 e. The van der Waals surface area contributed by atoms with Gasteiger partial charge in [0.25, 0.3) is 0 Å². The van der Waals surface area contributed by atoms with E-state index in [1.807, 2.05) is 27.8 Å². The summed E-state index contributed by atoms with van der Waals surface area (Å²) in [6.07, 6.45) is 5.78. The fraction of sp³-hybridized carbons (Fsp3) is 0.941. The molecule has 0 radical (unpaired) electrons. The topological polar surface area (TPSA) is 29.5 Å². The van der Waals surface area contributed by atoms with Crippen LogP contribution in [-0.4, -0.2) is 29.7 Å². The molecule has 0 spiro atoms. The van der Waals surface area contributed by atoms with Crippen LogP contribution in [0.2, 0.25) is 0 Å². The van der Waals surface area contributed by atoms with E-state index in [9.17, 15) is 4.79 Å². The van der Waals surface area contributed by atoms with Gasteiger partial charge >= 0.3 is 6.09 Å². The smallest absolute Gasteiger partial charge is 0.410 e. The third-order valence-corrected chi connectivity index (χ3v) is 3.95. The fourth-order valence-corrected chi connectivity index (χ4v) is 3.09. The number of ether oxygens (including phenoxy) is 1. The predicted molar refractivity (Wildman–Crippen MR) is 83.8 cm³/mol. The van der Waals surface area contributed by atoms with Gasteiger partial charge in [-0.25, -0.2) is 4.79 Å². The number of hydrogen-bond acceptors (Lipinski definition) is 2. The number of nitrogens with zero attached hydrogens (tertiary/aromatic N) is 1. The van der Waals surface area contributed by atoms with Crippen LogP contribution >= 0.6 is 0 Å². The van der Waals surface area contributed by atoms with E-state index >= 15 is 0 Å². The maximum absolute atomic E-state index is 12.1. The summed E-state index contributed by atoms with van der Waals surface area (Å²) >= 11 is 0. The van der Waals surface area contributed by atoms with E-state index < -0.39 is 5.60 Å². The normalized spacial score (nSPS) is 24.4. The molecule has 20 heavy (non-hydrogen) atoms. The lowest BCUT2D eigenvalue weighted by Gasteiger charge is -2.37. The lowest BCUT2D eigenvalue weighted by atomic mass is 9.76. The first-order chi connectivity index (χ1) is 8.98. The lowest BCUT2D eigenvalue weighted by molar-refractivity contribution is 0.0164. The molecule has 1 aliphatic rings. The number of carbonyl (C=O) groups is 1. The molecule has 3 heteroatoms. The Morgan fingerprint density at radius 2 is 1.55 bits per heavy atom. The zero-order valence-corrected chi connectivity index (χ0v) is 14.5. The third kappa shape index (κ3) is 6.15. The quantitative estimate of drug-likeness (QED) is 0.725. The van der Waals surface area contributed by atoms with Crippen LogP contribution in [0, 0.1) is 11.3 Å². The molecule has 1 saturated carbocycles. The van der Waals surface area contributed by atoms with Crippen molar-refractivity contribution in [1.82, 2.24) is 4.90 Å². The van der Waals surface area contributed by atoms with Gasteiger partial charge in [0.15, 0.2) is 0 Å². The van der Waals surface area contributed by atoms with E-state index in [-0.39, 0.29) is 6.09 Å². The Labute approximate surface area is 125 Å². The number of hydrogen-bond donors (Lipinski definition) is 0. The lowest BCUT2D eigenvalue weighted by Crippen LogP contribution is -2.42.